The van der Waals surface area contributed by atoms with E-state index in [4.69, 9.17) is 0 Å². The summed E-state index contributed by atoms with van der Waals surface area (Å²) in [6.07, 6.45) is 0. The molecule has 1 aromatic heterocycles. The van der Waals surface area contributed by atoms with Gasteiger partial charge in [-0.25, -0.2) is 4.98 Å². The van der Waals surface area contributed by atoms with Gasteiger partial charge in [0.25, 0.3) is 0 Å². The normalized spacial score (nSPS) is 12.3. The Morgan fingerprint density at radius 2 is 1.92 bits per heavy atom. The molecule has 1 heterocycles. The molecule has 2 aromatic carbocycles. The molecule has 0 aliphatic heterocycles. The van der Waals surface area contributed by atoms with Crippen molar-refractivity contribution in [3.8, 4) is 0 Å². The summed E-state index contributed by atoms with van der Waals surface area (Å²) >= 11 is 3.24. The van der Waals surface area contributed by atoms with Gasteiger partial charge in [0.2, 0.25) is 5.91 Å². The Labute approximate surface area is 150 Å². The topological polar surface area (TPSA) is 33.2 Å². The van der Waals surface area contributed by atoms with Gasteiger partial charge < -0.3 is 4.90 Å². The zero-order chi connectivity index (χ0) is 17.1. The van der Waals surface area contributed by atoms with Gasteiger partial charge in [-0.1, -0.05) is 29.8 Å². The van der Waals surface area contributed by atoms with Crippen LogP contribution in [0.25, 0.3) is 10.2 Å². The first-order valence-electron chi connectivity index (χ1n) is 7.85. The summed E-state index contributed by atoms with van der Waals surface area (Å²) in [5.41, 5.74) is 2.23. The fourth-order valence-corrected chi connectivity index (χ4v) is 4.45. The number of amides is 1. The Bertz CT molecular complexity index is 809. The van der Waals surface area contributed by atoms with Crippen molar-refractivity contribution in [2.45, 2.75) is 30.5 Å². The molecule has 3 rings (SSSR count). The van der Waals surface area contributed by atoms with Gasteiger partial charge in [0.05, 0.1) is 22.0 Å². The van der Waals surface area contributed by atoms with Crippen molar-refractivity contribution in [1.82, 2.24) is 9.88 Å². The number of aromatic nitrogens is 1. The molecule has 1 amide bonds. The van der Waals surface area contributed by atoms with Crippen LogP contribution in [-0.4, -0.2) is 28.1 Å². The van der Waals surface area contributed by atoms with Gasteiger partial charge in [-0.2, -0.15) is 0 Å². The molecular weight excluding hydrogens is 336 g/mol. The molecule has 0 aliphatic rings. The van der Waals surface area contributed by atoms with Crippen LogP contribution in [0.4, 0.5) is 0 Å². The Morgan fingerprint density at radius 1 is 1.21 bits per heavy atom. The molecule has 3 aromatic rings. The molecule has 124 valence electrons. The molecule has 0 fully saturated rings. The van der Waals surface area contributed by atoms with Gasteiger partial charge in [-0.05, 0) is 38.1 Å². The summed E-state index contributed by atoms with van der Waals surface area (Å²) in [6.45, 7) is 4.58. The summed E-state index contributed by atoms with van der Waals surface area (Å²) in [7, 11) is 1.85. The minimum absolute atomic E-state index is 0.118. The summed E-state index contributed by atoms with van der Waals surface area (Å²) in [6, 6.07) is 16.4. The standard InChI is InChI=1S/C19H20N2OS2/c1-13-8-10-15(11-9-13)23-14(2)19(22)21(3)12-18-20-16-6-4-5-7-17(16)24-18/h4-11,14H,12H2,1-3H3/t14-/m1/s1. The Morgan fingerprint density at radius 3 is 2.62 bits per heavy atom. The molecule has 0 radical (unpaired) electrons. The fourth-order valence-electron chi connectivity index (χ4n) is 2.45. The number of carbonyl (C=O) groups is 1. The lowest BCUT2D eigenvalue weighted by atomic mass is 10.2. The lowest BCUT2D eigenvalue weighted by Crippen LogP contribution is -2.32. The van der Waals surface area contributed by atoms with E-state index in [-0.39, 0.29) is 11.2 Å². The number of thioether (sulfide) groups is 1. The van der Waals surface area contributed by atoms with Crippen molar-refractivity contribution in [2.24, 2.45) is 0 Å². The third-order valence-electron chi connectivity index (χ3n) is 3.77. The van der Waals surface area contributed by atoms with Crippen LogP contribution in [0.15, 0.2) is 53.4 Å². The van der Waals surface area contributed by atoms with Gasteiger partial charge in [-0.3, -0.25) is 4.79 Å². The van der Waals surface area contributed by atoms with Gasteiger partial charge in [0.1, 0.15) is 5.01 Å². The highest BCUT2D eigenvalue weighted by Crippen LogP contribution is 2.26. The van der Waals surface area contributed by atoms with E-state index in [2.05, 4.69) is 42.2 Å². The molecule has 0 spiro atoms. The number of benzene rings is 2. The van der Waals surface area contributed by atoms with Crippen molar-refractivity contribution < 1.29 is 4.79 Å². The van der Waals surface area contributed by atoms with E-state index in [9.17, 15) is 4.79 Å². The summed E-state index contributed by atoms with van der Waals surface area (Å²) in [4.78, 5) is 20.1. The maximum Gasteiger partial charge on any atom is 0.235 e. The van der Waals surface area contributed by atoms with Crippen LogP contribution in [0, 0.1) is 6.92 Å². The van der Waals surface area contributed by atoms with Crippen LogP contribution in [-0.2, 0) is 11.3 Å². The Balaban J connectivity index is 1.63. The third-order valence-corrected chi connectivity index (χ3v) is 5.89. The van der Waals surface area contributed by atoms with E-state index in [1.54, 1.807) is 28.0 Å². The highest BCUT2D eigenvalue weighted by molar-refractivity contribution is 8.00. The van der Waals surface area contributed by atoms with E-state index >= 15 is 0 Å². The highest BCUT2D eigenvalue weighted by Gasteiger charge is 2.20. The first kappa shape index (κ1) is 17.0. The number of nitrogens with zero attached hydrogens (tertiary/aromatic N) is 2. The molecule has 24 heavy (non-hydrogen) atoms. The Kier molecular flexibility index (Phi) is 5.21. The average molecular weight is 357 g/mol. The summed E-state index contributed by atoms with van der Waals surface area (Å²) in [5, 5.41) is 0.853. The van der Waals surface area contributed by atoms with E-state index in [0.717, 1.165) is 20.1 Å². The number of para-hydroxylation sites is 1. The summed E-state index contributed by atoms with van der Waals surface area (Å²) in [5.74, 6) is 0.125. The van der Waals surface area contributed by atoms with Crippen LogP contribution in [0.3, 0.4) is 0 Å². The predicted octanol–water partition coefficient (Wildman–Crippen LogP) is 4.74. The number of rotatable bonds is 5. The second-order valence-electron chi connectivity index (χ2n) is 5.84. The van der Waals surface area contributed by atoms with Gasteiger partial charge >= 0.3 is 0 Å². The van der Waals surface area contributed by atoms with Crippen molar-refractivity contribution in [2.75, 3.05) is 7.05 Å². The SMILES string of the molecule is Cc1ccc(S[C@H](C)C(=O)N(C)Cc2nc3ccccc3s2)cc1. The molecule has 0 saturated carbocycles. The zero-order valence-electron chi connectivity index (χ0n) is 14.0. The lowest BCUT2D eigenvalue weighted by molar-refractivity contribution is -0.129. The van der Waals surface area contributed by atoms with Gasteiger partial charge in [0, 0.05) is 11.9 Å². The minimum atomic E-state index is -0.118. The number of hydrogen-bond acceptors (Lipinski definition) is 4. The fraction of sp³-hybridized carbons (Fsp3) is 0.263. The molecule has 5 heteroatoms. The average Bonchev–Trinajstić information content (AvgIpc) is 2.98. The van der Waals surface area contributed by atoms with E-state index in [0.29, 0.717) is 6.54 Å². The van der Waals surface area contributed by atoms with Gasteiger partial charge in [-0.15, -0.1) is 23.1 Å². The molecule has 0 aliphatic carbocycles. The molecule has 0 saturated heterocycles. The first-order valence-corrected chi connectivity index (χ1v) is 9.55. The predicted molar refractivity (Wildman–Crippen MR) is 103 cm³/mol. The quantitative estimate of drug-likeness (QED) is 0.619. The Hall–Kier alpha value is -1.85. The molecule has 0 N–H and O–H groups in total. The summed E-state index contributed by atoms with van der Waals surface area (Å²) < 4.78 is 1.16. The number of fused-ring (bicyclic) bond motifs is 1. The highest BCUT2D eigenvalue weighted by atomic mass is 32.2. The molecule has 0 unspecified atom stereocenters. The van der Waals surface area contributed by atoms with Crippen LogP contribution >= 0.6 is 23.1 Å². The smallest absolute Gasteiger partial charge is 0.235 e. The number of hydrogen-bond donors (Lipinski definition) is 0. The largest absolute Gasteiger partial charge is 0.338 e. The lowest BCUT2D eigenvalue weighted by Gasteiger charge is -2.20. The minimum Gasteiger partial charge on any atom is -0.338 e. The first-order chi connectivity index (χ1) is 11.5. The van der Waals surface area contributed by atoms with Crippen LogP contribution in [0.5, 0.6) is 0 Å². The number of thiazole rings is 1. The van der Waals surface area contributed by atoms with Crippen molar-refractivity contribution >= 4 is 39.2 Å². The van der Waals surface area contributed by atoms with Crippen LogP contribution < -0.4 is 0 Å². The van der Waals surface area contributed by atoms with Crippen molar-refractivity contribution in [3.63, 3.8) is 0 Å². The van der Waals surface area contributed by atoms with Gasteiger partial charge in [0.15, 0.2) is 0 Å². The molecular formula is C19H20N2OS2. The zero-order valence-corrected chi connectivity index (χ0v) is 15.7. The van der Waals surface area contributed by atoms with Crippen LogP contribution in [0.1, 0.15) is 17.5 Å². The maximum absolute atomic E-state index is 12.6. The van der Waals surface area contributed by atoms with Crippen molar-refractivity contribution in [1.29, 1.82) is 0 Å². The van der Waals surface area contributed by atoms with E-state index in [1.807, 2.05) is 32.2 Å². The molecule has 3 nitrogen and oxygen atoms in total. The third kappa shape index (κ3) is 3.97. The second kappa shape index (κ2) is 7.36. The molecule has 1 atom stereocenters. The second-order valence-corrected chi connectivity index (χ2v) is 8.37. The van der Waals surface area contributed by atoms with Crippen LogP contribution in [0.2, 0.25) is 0 Å². The number of carbonyl (C=O) groups excluding carboxylic acids is 1. The maximum atomic E-state index is 12.6. The molecule has 0 bridgehead atoms. The van der Waals surface area contributed by atoms with E-state index < -0.39 is 0 Å². The van der Waals surface area contributed by atoms with Crippen molar-refractivity contribution in [3.05, 3.63) is 59.1 Å². The number of aryl methyl sites for hydroxylation is 1. The van der Waals surface area contributed by atoms with E-state index in [1.165, 1.54) is 5.56 Å². The monoisotopic (exact) mass is 356 g/mol.